The van der Waals surface area contributed by atoms with Crippen LogP contribution in [0.2, 0.25) is 0 Å². The largest absolute Gasteiger partial charge is 0.478 e. The van der Waals surface area contributed by atoms with Crippen molar-refractivity contribution in [3.8, 4) is 0 Å². The van der Waals surface area contributed by atoms with Crippen molar-refractivity contribution in [2.45, 2.75) is 20.3 Å². The third-order valence-electron chi connectivity index (χ3n) is 2.73. The molecule has 0 radical (unpaired) electrons. The number of hydrogen-bond acceptors (Lipinski definition) is 3. The minimum atomic E-state index is -0.968. The number of carboxylic acids is 1. The third kappa shape index (κ3) is 4.71. The molecule has 1 aromatic carbocycles. The number of amides is 1. The molecule has 0 aromatic heterocycles. The molecule has 0 heterocycles. The maximum Gasteiger partial charge on any atom is 0.335 e. The van der Waals surface area contributed by atoms with Gasteiger partial charge in [-0.3, -0.25) is 4.79 Å². The highest BCUT2D eigenvalue weighted by Crippen LogP contribution is 2.16. The summed E-state index contributed by atoms with van der Waals surface area (Å²) in [5, 5.41) is 11.7. The minimum absolute atomic E-state index is 0.105. The van der Waals surface area contributed by atoms with Crippen molar-refractivity contribution in [1.82, 2.24) is 0 Å². The summed E-state index contributed by atoms with van der Waals surface area (Å²) in [4.78, 5) is 22.6. The Kier molecular flexibility index (Phi) is 5.51. The number of ether oxygens (including phenoxy) is 1. The van der Waals surface area contributed by atoms with Gasteiger partial charge in [-0.1, -0.05) is 6.92 Å². The molecule has 5 heteroatoms. The molecule has 0 aliphatic rings. The van der Waals surface area contributed by atoms with Gasteiger partial charge in [-0.25, -0.2) is 4.79 Å². The molecule has 1 atom stereocenters. The number of aromatic carboxylic acids is 1. The summed E-state index contributed by atoms with van der Waals surface area (Å²) in [7, 11) is 1.60. The number of hydrogen-bond donors (Lipinski definition) is 2. The first-order valence-corrected chi connectivity index (χ1v) is 6.06. The van der Waals surface area contributed by atoms with Crippen LogP contribution in [0, 0.1) is 12.8 Å². The molecule has 0 fully saturated rings. The van der Waals surface area contributed by atoms with Crippen LogP contribution >= 0.6 is 0 Å². The smallest absolute Gasteiger partial charge is 0.335 e. The maximum absolute atomic E-state index is 11.7. The molecule has 5 nitrogen and oxygen atoms in total. The van der Waals surface area contributed by atoms with E-state index in [1.165, 1.54) is 6.07 Å². The number of methoxy groups -OCH3 is 1. The number of nitrogens with one attached hydrogen (secondary N) is 1. The molecular weight excluding hydrogens is 246 g/mol. The van der Waals surface area contributed by atoms with Crippen LogP contribution in [0.25, 0.3) is 0 Å². The number of carbonyl (C=O) groups is 2. The Balaban J connectivity index is 2.65. The van der Waals surface area contributed by atoms with Gasteiger partial charge in [-0.05, 0) is 36.6 Å². The monoisotopic (exact) mass is 265 g/mol. The lowest BCUT2D eigenvalue weighted by atomic mass is 10.1. The number of benzene rings is 1. The van der Waals surface area contributed by atoms with Crippen LogP contribution in [0.3, 0.4) is 0 Å². The Hall–Kier alpha value is -1.88. The van der Waals surface area contributed by atoms with Crippen molar-refractivity contribution in [2.24, 2.45) is 5.92 Å². The number of rotatable bonds is 6. The average molecular weight is 265 g/mol. The molecule has 1 aromatic rings. The molecule has 1 unspecified atom stereocenters. The molecule has 0 aliphatic heterocycles. The molecule has 19 heavy (non-hydrogen) atoms. The molecule has 0 saturated carbocycles. The molecule has 104 valence electrons. The van der Waals surface area contributed by atoms with Gasteiger partial charge in [0, 0.05) is 25.8 Å². The topological polar surface area (TPSA) is 75.6 Å². The van der Waals surface area contributed by atoms with Crippen LogP contribution in [0.15, 0.2) is 18.2 Å². The van der Waals surface area contributed by atoms with Gasteiger partial charge in [-0.2, -0.15) is 0 Å². The van der Waals surface area contributed by atoms with Crippen molar-refractivity contribution in [3.63, 3.8) is 0 Å². The fourth-order valence-corrected chi connectivity index (χ4v) is 1.85. The summed E-state index contributed by atoms with van der Waals surface area (Å²) in [6, 6.07) is 4.74. The van der Waals surface area contributed by atoms with Gasteiger partial charge in [-0.15, -0.1) is 0 Å². The van der Waals surface area contributed by atoms with Gasteiger partial charge >= 0.3 is 5.97 Å². The van der Waals surface area contributed by atoms with Crippen LogP contribution in [0.4, 0.5) is 5.69 Å². The number of anilines is 1. The lowest BCUT2D eigenvalue weighted by Gasteiger charge is -2.11. The summed E-state index contributed by atoms with van der Waals surface area (Å²) >= 11 is 0. The van der Waals surface area contributed by atoms with Gasteiger partial charge < -0.3 is 15.2 Å². The summed E-state index contributed by atoms with van der Waals surface area (Å²) < 4.78 is 4.97. The SMILES string of the molecule is COCC(C)CC(=O)Nc1ccc(C(=O)O)c(C)c1. The van der Waals surface area contributed by atoms with Crippen molar-refractivity contribution in [3.05, 3.63) is 29.3 Å². The highest BCUT2D eigenvalue weighted by molar-refractivity contribution is 5.93. The normalized spacial score (nSPS) is 11.9. The highest BCUT2D eigenvalue weighted by Gasteiger charge is 2.11. The molecular formula is C14H19NO4. The van der Waals surface area contributed by atoms with Gasteiger partial charge in [0.15, 0.2) is 0 Å². The van der Waals surface area contributed by atoms with Crippen molar-refractivity contribution < 1.29 is 19.4 Å². The molecule has 2 N–H and O–H groups in total. The van der Waals surface area contributed by atoms with E-state index in [4.69, 9.17) is 9.84 Å². The fraction of sp³-hybridized carbons (Fsp3) is 0.429. The zero-order valence-corrected chi connectivity index (χ0v) is 11.4. The zero-order valence-electron chi connectivity index (χ0n) is 11.4. The second-order valence-corrected chi connectivity index (χ2v) is 4.65. The van der Waals surface area contributed by atoms with Crippen LogP contribution in [0.5, 0.6) is 0 Å². The van der Waals surface area contributed by atoms with Gasteiger partial charge in [0.25, 0.3) is 0 Å². The minimum Gasteiger partial charge on any atom is -0.478 e. The Morgan fingerprint density at radius 1 is 1.42 bits per heavy atom. The van der Waals surface area contributed by atoms with Crippen LogP contribution < -0.4 is 5.32 Å². The molecule has 0 bridgehead atoms. The summed E-state index contributed by atoms with van der Waals surface area (Å²) in [5.74, 6) is -0.930. The quantitative estimate of drug-likeness (QED) is 0.827. The second kappa shape index (κ2) is 6.89. The average Bonchev–Trinajstić information content (AvgIpc) is 2.28. The molecule has 1 rings (SSSR count). The lowest BCUT2D eigenvalue weighted by Crippen LogP contribution is -2.17. The Morgan fingerprint density at radius 3 is 2.63 bits per heavy atom. The zero-order chi connectivity index (χ0) is 14.4. The Labute approximate surface area is 112 Å². The van der Waals surface area contributed by atoms with Gasteiger partial charge in [0.1, 0.15) is 0 Å². The van der Waals surface area contributed by atoms with Crippen molar-refractivity contribution >= 4 is 17.6 Å². The predicted molar refractivity (Wildman–Crippen MR) is 72.4 cm³/mol. The summed E-state index contributed by atoms with van der Waals surface area (Å²) in [6.45, 7) is 4.17. The molecule has 1 amide bonds. The van der Waals surface area contributed by atoms with E-state index in [1.807, 2.05) is 6.92 Å². The van der Waals surface area contributed by atoms with Crippen LogP contribution in [-0.4, -0.2) is 30.7 Å². The van der Waals surface area contributed by atoms with E-state index in [0.29, 0.717) is 24.3 Å². The Bertz CT molecular complexity index is 471. The molecule has 0 aliphatic carbocycles. The van der Waals surface area contributed by atoms with E-state index < -0.39 is 5.97 Å². The third-order valence-corrected chi connectivity index (χ3v) is 2.73. The number of aryl methyl sites for hydroxylation is 1. The van der Waals surface area contributed by atoms with Gasteiger partial charge in [0.2, 0.25) is 5.91 Å². The van der Waals surface area contributed by atoms with Gasteiger partial charge in [0.05, 0.1) is 5.56 Å². The van der Waals surface area contributed by atoms with E-state index in [0.717, 1.165) is 0 Å². The predicted octanol–water partition coefficient (Wildman–Crippen LogP) is 2.30. The second-order valence-electron chi connectivity index (χ2n) is 4.65. The number of carboxylic acid groups (broad SMARTS) is 1. The summed E-state index contributed by atoms with van der Waals surface area (Å²) in [5.41, 5.74) is 1.47. The van der Waals surface area contributed by atoms with Crippen molar-refractivity contribution in [2.75, 3.05) is 19.0 Å². The van der Waals surface area contributed by atoms with E-state index in [-0.39, 0.29) is 17.4 Å². The van der Waals surface area contributed by atoms with Crippen LogP contribution in [-0.2, 0) is 9.53 Å². The van der Waals surface area contributed by atoms with E-state index in [2.05, 4.69) is 5.32 Å². The maximum atomic E-state index is 11.7. The number of carbonyl (C=O) groups excluding carboxylic acids is 1. The van der Waals surface area contributed by atoms with E-state index in [9.17, 15) is 9.59 Å². The van der Waals surface area contributed by atoms with Crippen LogP contribution in [0.1, 0.15) is 29.3 Å². The summed E-state index contributed by atoms with van der Waals surface area (Å²) in [6.07, 6.45) is 0.369. The van der Waals surface area contributed by atoms with E-state index >= 15 is 0 Å². The first-order chi connectivity index (χ1) is 8.93. The fourth-order valence-electron chi connectivity index (χ4n) is 1.85. The van der Waals surface area contributed by atoms with Crippen molar-refractivity contribution in [1.29, 1.82) is 0 Å². The standard InChI is InChI=1S/C14H19NO4/c1-9(8-19-3)6-13(16)15-11-4-5-12(14(17)18)10(2)7-11/h4-5,7,9H,6,8H2,1-3H3,(H,15,16)(H,17,18). The first-order valence-electron chi connectivity index (χ1n) is 6.06. The molecule has 0 spiro atoms. The first kappa shape index (κ1) is 15.2. The molecule has 0 saturated heterocycles. The Morgan fingerprint density at radius 2 is 2.11 bits per heavy atom. The lowest BCUT2D eigenvalue weighted by molar-refractivity contribution is -0.117. The highest BCUT2D eigenvalue weighted by atomic mass is 16.5. The van der Waals surface area contributed by atoms with E-state index in [1.54, 1.807) is 26.2 Å².